The molecule has 3 nitrogen and oxygen atoms in total. The smallest absolute Gasteiger partial charge is 0.138 e. The zero-order valence-corrected chi connectivity index (χ0v) is 8.86. The number of aromatic nitrogens is 1. The second kappa shape index (κ2) is 3.40. The molecule has 3 heteroatoms. The zero-order valence-electron chi connectivity index (χ0n) is 8.86. The molecule has 2 heterocycles. The molecule has 0 saturated heterocycles. The number of fused-ring (bicyclic) bond motifs is 1. The number of nitrogens with zero attached hydrogens (tertiary/aromatic N) is 3. The van der Waals surface area contributed by atoms with E-state index in [2.05, 4.69) is 34.8 Å². The number of hydrogen-bond acceptors (Lipinski definition) is 3. The topological polar surface area (TPSA) is 28.5 Å². The first kappa shape index (κ1) is 9.19. The van der Waals surface area contributed by atoms with Gasteiger partial charge in [0, 0.05) is 24.7 Å². The third-order valence-corrected chi connectivity index (χ3v) is 2.46. The maximum Gasteiger partial charge on any atom is 0.138 e. The minimum Gasteiger partial charge on any atom is -0.317 e. The van der Waals surface area contributed by atoms with Crippen molar-refractivity contribution in [2.45, 2.75) is 20.4 Å². The van der Waals surface area contributed by atoms with Crippen molar-refractivity contribution in [3.05, 3.63) is 23.9 Å². The van der Waals surface area contributed by atoms with Crippen LogP contribution >= 0.6 is 0 Å². The summed E-state index contributed by atoms with van der Waals surface area (Å²) in [5, 5.41) is 0. The van der Waals surface area contributed by atoms with E-state index in [1.165, 1.54) is 5.56 Å². The molecule has 0 aromatic carbocycles. The number of pyridine rings is 1. The van der Waals surface area contributed by atoms with Crippen LogP contribution in [0.1, 0.15) is 19.4 Å². The van der Waals surface area contributed by atoms with Crippen LogP contribution in [0.25, 0.3) is 0 Å². The van der Waals surface area contributed by atoms with Gasteiger partial charge in [-0.3, -0.25) is 4.99 Å². The van der Waals surface area contributed by atoms with Gasteiger partial charge in [-0.15, -0.1) is 0 Å². The van der Waals surface area contributed by atoms with E-state index in [0.29, 0.717) is 5.92 Å². The number of amidine groups is 1. The number of hydrogen-bond donors (Lipinski definition) is 0. The van der Waals surface area contributed by atoms with Gasteiger partial charge >= 0.3 is 0 Å². The van der Waals surface area contributed by atoms with Crippen LogP contribution in [0.2, 0.25) is 0 Å². The van der Waals surface area contributed by atoms with E-state index >= 15 is 0 Å². The summed E-state index contributed by atoms with van der Waals surface area (Å²) in [5.41, 5.74) is 1.21. The Balaban J connectivity index is 2.39. The standard InChI is InChI=1S/C11H15N3/c1-8(2)10-13-7-9-5-4-6-12-11(9)14(10)3/h4-6,8H,7H2,1-3H3. The molecule has 0 aliphatic carbocycles. The van der Waals surface area contributed by atoms with Gasteiger partial charge in [0.2, 0.25) is 0 Å². The molecule has 0 amide bonds. The largest absolute Gasteiger partial charge is 0.317 e. The molecule has 1 aromatic rings. The van der Waals surface area contributed by atoms with E-state index in [-0.39, 0.29) is 0 Å². The van der Waals surface area contributed by atoms with Crippen LogP contribution in [0.5, 0.6) is 0 Å². The summed E-state index contributed by atoms with van der Waals surface area (Å²) in [5.74, 6) is 2.62. The van der Waals surface area contributed by atoms with Crippen molar-refractivity contribution in [1.29, 1.82) is 0 Å². The van der Waals surface area contributed by atoms with Crippen molar-refractivity contribution in [3.8, 4) is 0 Å². The highest BCUT2D eigenvalue weighted by Crippen LogP contribution is 2.23. The van der Waals surface area contributed by atoms with E-state index in [1.807, 2.05) is 19.3 Å². The fraction of sp³-hybridized carbons (Fsp3) is 0.455. The average molecular weight is 189 g/mol. The minimum absolute atomic E-state index is 0.454. The van der Waals surface area contributed by atoms with Crippen LogP contribution in [-0.2, 0) is 6.54 Å². The summed E-state index contributed by atoms with van der Waals surface area (Å²) in [6.07, 6.45) is 1.83. The van der Waals surface area contributed by atoms with Crippen molar-refractivity contribution in [1.82, 2.24) is 4.98 Å². The van der Waals surface area contributed by atoms with Crippen molar-refractivity contribution >= 4 is 11.7 Å². The molecule has 0 atom stereocenters. The molecule has 1 aliphatic rings. The highest BCUT2D eigenvalue weighted by molar-refractivity contribution is 5.99. The molecule has 2 rings (SSSR count). The predicted molar refractivity (Wildman–Crippen MR) is 58.6 cm³/mol. The van der Waals surface area contributed by atoms with Gasteiger partial charge in [0.15, 0.2) is 0 Å². The van der Waals surface area contributed by atoms with Gasteiger partial charge in [-0.25, -0.2) is 4.98 Å². The molecule has 0 spiro atoms. The van der Waals surface area contributed by atoms with Gasteiger partial charge in [-0.1, -0.05) is 19.9 Å². The second-order valence-electron chi connectivity index (χ2n) is 3.87. The minimum atomic E-state index is 0.454. The Morgan fingerprint density at radius 3 is 2.93 bits per heavy atom. The Labute approximate surface area is 84.5 Å². The normalized spacial score (nSPS) is 15.4. The average Bonchev–Trinajstić information content (AvgIpc) is 2.18. The highest BCUT2D eigenvalue weighted by Gasteiger charge is 2.20. The molecular formula is C11H15N3. The maximum absolute atomic E-state index is 4.55. The molecule has 1 aromatic heterocycles. The monoisotopic (exact) mass is 189 g/mol. The van der Waals surface area contributed by atoms with Gasteiger partial charge in [-0.05, 0) is 6.07 Å². The lowest BCUT2D eigenvalue weighted by molar-refractivity contribution is 0.818. The Morgan fingerprint density at radius 1 is 1.43 bits per heavy atom. The van der Waals surface area contributed by atoms with Crippen LogP contribution in [0.3, 0.4) is 0 Å². The molecular weight excluding hydrogens is 174 g/mol. The zero-order chi connectivity index (χ0) is 10.1. The first-order valence-corrected chi connectivity index (χ1v) is 4.92. The first-order chi connectivity index (χ1) is 6.70. The lowest BCUT2D eigenvalue weighted by atomic mass is 10.1. The van der Waals surface area contributed by atoms with Crippen LogP contribution in [-0.4, -0.2) is 17.9 Å². The Kier molecular flexibility index (Phi) is 2.23. The third-order valence-electron chi connectivity index (χ3n) is 2.46. The number of aliphatic imine (C=N–C) groups is 1. The van der Waals surface area contributed by atoms with Gasteiger partial charge in [0.25, 0.3) is 0 Å². The van der Waals surface area contributed by atoms with Crippen LogP contribution in [0.15, 0.2) is 23.3 Å². The van der Waals surface area contributed by atoms with E-state index < -0.39 is 0 Å². The number of rotatable bonds is 1. The fourth-order valence-corrected chi connectivity index (χ4v) is 1.81. The SMILES string of the molecule is CC(C)C1=NCc2cccnc2N1C. The van der Waals surface area contributed by atoms with Crippen LogP contribution < -0.4 is 4.90 Å². The molecule has 14 heavy (non-hydrogen) atoms. The quantitative estimate of drug-likeness (QED) is 0.676. The van der Waals surface area contributed by atoms with Gasteiger partial charge in [0.05, 0.1) is 6.54 Å². The van der Waals surface area contributed by atoms with Crippen LogP contribution in [0.4, 0.5) is 5.82 Å². The van der Waals surface area contributed by atoms with E-state index in [0.717, 1.165) is 18.2 Å². The van der Waals surface area contributed by atoms with Crippen LogP contribution in [0, 0.1) is 5.92 Å². The molecule has 0 fully saturated rings. The molecule has 0 radical (unpaired) electrons. The summed E-state index contributed by atoms with van der Waals surface area (Å²) >= 11 is 0. The summed E-state index contributed by atoms with van der Waals surface area (Å²) in [6.45, 7) is 5.08. The second-order valence-corrected chi connectivity index (χ2v) is 3.87. The molecule has 74 valence electrons. The molecule has 1 aliphatic heterocycles. The summed E-state index contributed by atoms with van der Waals surface area (Å²) in [4.78, 5) is 11.0. The molecule has 0 N–H and O–H groups in total. The first-order valence-electron chi connectivity index (χ1n) is 4.92. The summed E-state index contributed by atoms with van der Waals surface area (Å²) in [6, 6.07) is 4.04. The Morgan fingerprint density at radius 2 is 2.21 bits per heavy atom. The summed E-state index contributed by atoms with van der Waals surface area (Å²) < 4.78 is 0. The van der Waals surface area contributed by atoms with Crippen molar-refractivity contribution in [3.63, 3.8) is 0 Å². The Hall–Kier alpha value is -1.38. The van der Waals surface area contributed by atoms with Gasteiger partial charge < -0.3 is 4.90 Å². The van der Waals surface area contributed by atoms with Gasteiger partial charge in [0.1, 0.15) is 11.7 Å². The van der Waals surface area contributed by atoms with E-state index in [1.54, 1.807) is 0 Å². The number of anilines is 1. The lowest BCUT2D eigenvalue weighted by Crippen LogP contribution is -2.34. The Bertz CT molecular complexity index is 369. The van der Waals surface area contributed by atoms with E-state index in [9.17, 15) is 0 Å². The third kappa shape index (κ3) is 1.39. The molecule has 0 saturated carbocycles. The van der Waals surface area contributed by atoms with Crippen molar-refractivity contribution < 1.29 is 0 Å². The van der Waals surface area contributed by atoms with Gasteiger partial charge in [-0.2, -0.15) is 0 Å². The lowest BCUT2D eigenvalue weighted by Gasteiger charge is -2.28. The molecule has 0 bridgehead atoms. The summed E-state index contributed by atoms with van der Waals surface area (Å²) in [7, 11) is 2.03. The molecule has 0 unspecified atom stereocenters. The highest BCUT2D eigenvalue weighted by atomic mass is 15.2. The van der Waals surface area contributed by atoms with E-state index in [4.69, 9.17) is 0 Å². The van der Waals surface area contributed by atoms with Crippen molar-refractivity contribution in [2.24, 2.45) is 10.9 Å². The maximum atomic E-state index is 4.55. The van der Waals surface area contributed by atoms with Crippen molar-refractivity contribution in [2.75, 3.05) is 11.9 Å². The predicted octanol–water partition coefficient (Wildman–Crippen LogP) is 2.09. The fourth-order valence-electron chi connectivity index (χ4n) is 1.81.